The Morgan fingerprint density at radius 3 is 2.18 bits per heavy atom. The van der Waals surface area contributed by atoms with E-state index in [1.54, 1.807) is 51.1 Å². The van der Waals surface area contributed by atoms with Gasteiger partial charge in [-0.3, -0.25) is 4.79 Å². The molecular formula is C16H23NO5. The fourth-order valence-corrected chi connectivity index (χ4v) is 2.06. The second-order valence-corrected chi connectivity index (χ2v) is 6.15. The van der Waals surface area contributed by atoms with Gasteiger partial charge >= 0.3 is 12.1 Å². The lowest BCUT2D eigenvalue weighted by Crippen LogP contribution is -2.45. The molecule has 6 nitrogen and oxygen atoms in total. The maximum Gasteiger partial charge on any atom is 0.407 e. The molecule has 22 heavy (non-hydrogen) atoms. The summed E-state index contributed by atoms with van der Waals surface area (Å²) < 4.78 is 5.10. The van der Waals surface area contributed by atoms with Crippen LogP contribution < -0.4 is 5.32 Å². The minimum absolute atomic E-state index is 0.479. The second-order valence-electron chi connectivity index (χ2n) is 6.15. The molecule has 0 aromatic heterocycles. The lowest BCUT2D eigenvalue weighted by atomic mass is 9.90. The van der Waals surface area contributed by atoms with Crippen LogP contribution in [0.5, 0.6) is 0 Å². The van der Waals surface area contributed by atoms with Crippen LogP contribution in [0.1, 0.15) is 39.4 Å². The van der Waals surface area contributed by atoms with Crippen molar-refractivity contribution in [3.05, 3.63) is 35.9 Å². The number of alkyl carbamates (subject to hydrolysis) is 1. The third-order valence-electron chi connectivity index (χ3n) is 3.05. The van der Waals surface area contributed by atoms with Crippen LogP contribution in [0.3, 0.4) is 0 Å². The molecule has 1 aromatic carbocycles. The number of aliphatic carboxylic acids is 1. The number of aliphatic hydroxyl groups excluding tert-OH is 1. The number of carboxylic acids is 1. The topological polar surface area (TPSA) is 95.9 Å². The Hall–Kier alpha value is -2.08. The van der Waals surface area contributed by atoms with Crippen LogP contribution in [-0.2, 0) is 9.53 Å². The van der Waals surface area contributed by atoms with Gasteiger partial charge in [-0.15, -0.1) is 0 Å². The second kappa shape index (κ2) is 7.26. The summed E-state index contributed by atoms with van der Waals surface area (Å²) in [5, 5.41) is 22.1. The van der Waals surface area contributed by atoms with Gasteiger partial charge in [-0.25, -0.2) is 4.79 Å². The summed E-state index contributed by atoms with van der Waals surface area (Å²) in [7, 11) is 0. The van der Waals surface area contributed by atoms with E-state index < -0.39 is 35.7 Å². The van der Waals surface area contributed by atoms with Crippen LogP contribution in [0.25, 0.3) is 0 Å². The first-order valence-corrected chi connectivity index (χ1v) is 7.07. The van der Waals surface area contributed by atoms with E-state index in [9.17, 15) is 19.8 Å². The van der Waals surface area contributed by atoms with Crippen LogP contribution in [0.15, 0.2) is 30.3 Å². The summed E-state index contributed by atoms with van der Waals surface area (Å²) in [4.78, 5) is 23.2. The van der Waals surface area contributed by atoms with Crippen molar-refractivity contribution in [2.75, 3.05) is 0 Å². The van der Waals surface area contributed by atoms with Crippen molar-refractivity contribution in [2.24, 2.45) is 5.92 Å². The molecule has 3 atom stereocenters. The Morgan fingerprint density at radius 2 is 1.73 bits per heavy atom. The molecular weight excluding hydrogens is 286 g/mol. The number of hydrogen-bond donors (Lipinski definition) is 3. The molecule has 0 fully saturated rings. The Bertz CT molecular complexity index is 509. The number of hydrogen-bond acceptors (Lipinski definition) is 4. The Balaban J connectivity index is 2.83. The molecule has 0 unspecified atom stereocenters. The van der Waals surface area contributed by atoms with Crippen molar-refractivity contribution in [1.82, 2.24) is 5.32 Å². The molecule has 0 radical (unpaired) electrons. The Labute approximate surface area is 130 Å². The highest BCUT2D eigenvalue weighted by molar-refractivity contribution is 5.74. The predicted octanol–water partition coefficient (Wildman–Crippen LogP) is 2.33. The van der Waals surface area contributed by atoms with E-state index in [4.69, 9.17) is 4.74 Å². The summed E-state index contributed by atoms with van der Waals surface area (Å²) in [5.41, 5.74) is -0.201. The Morgan fingerprint density at radius 1 is 1.18 bits per heavy atom. The number of benzene rings is 1. The van der Waals surface area contributed by atoms with E-state index in [1.807, 2.05) is 0 Å². The molecule has 3 N–H and O–H groups in total. The van der Waals surface area contributed by atoms with Gasteiger partial charge in [0.2, 0.25) is 0 Å². The molecule has 0 heterocycles. The maximum atomic E-state index is 11.7. The van der Waals surface area contributed by atoms with Crippen LogP contribution >= 0.6 is 0 Å². The zero-order valence-corrected chi connectivity index (χ0v) is 13.2. The first-order valence-electron chi connectivity index (χ1n) is 7.07. The van der Waals surface area contributed by atoms with Crippen molar-refractivity contribution in [3.63, 3.8) is 0 Å². The van der Waals surface area contributed by atoms with Crippen molar-refractivity contribution >= 4 is 12.1 Å². The van der Waals surface area contributed by atoms with Gasteiger partial charge in [0.1, 0.15) is 11.5 Å². The monoisotopic (exact) mass is 309 g/mol. The van der Waals surface area contributed by atoms with Gasteiger partial charge in [0, 0.05) is 6.04 Å². The highest BCUT2D eigenvalue weighted by atomic mass is 16.6. The van der Waals surface area contributed by atoms with Gasteiger partial charge < -0.3 is 20.3 Å². The first kappa shape index (κ1) is 18.0. The lowest BCUT2D eigenvalue weighted by Gasteiger charge is -2.27. The third kappa shape index (κ3) is 5.37. The number of carbonyl (C=O) groups is 2. The number of ether oxygens (including phenoxy) is 1. The molecule has 1 aromatic rings. The van der Waals surface area contributed by atoms with Gasteiger partial charge in [0.25, 0.3) is 0 Å². The fourth-order valence-electron chi connectivity index (χ4n) is 2.06. The first-order chi connectivity index (χ1) is 10.1. The van der Waals surface area contributed by atoms with Gasteiger partial charge in [-0.05, 0) is 33.3 Å². The Kier molecular flexibility index (Phi) is 5.93. The normalized spacial score (nSPS) is 15.5. The smallest absolute Gasteiger partial charge is 0.407 e. The molecule has 0 saturated heterocycles. The molecule has 0 aliphatic carbocycles. The van der Waals surface area contributed by atoms with Gasteiger partial charge in [0.15, 0.2) is 0 Å². The van der Waals surface area contributed by atoms with Crippen LogP contribution in [-0.4, -0.2) is 33.9 Å². The number of amides is 1. The molecule has 1 rings (SSSR count). The highest BCUT2D eigenvalue weighted by Crippen LogP contribution is 2.25. The van der Waals surface area contributed by atoms with Crippen molar-refractivity contribution < 1.29 is 24.5 Å². The predicted molar refractivity (Wildman–Crippen MR) is 81.4 cm³/mol. The van der Waals surface area contributed by atoms with Crippen LogP contribution in [0.4, 0.5) is 4.79 Å². The molecule has 0 saturated carbocycles. The summed E-state index contributed by atoms with van der Waals surface area (Å²) in [6, 6.07) is 7.67. The molecule has 122 valence electrons. The van der Waals surface area contributed by atoms with E-state index in [-0.39, 0.29) is 0 Å². The summed E-state index contributed by atoms with van der Waals surface area (Å²) in [6.07, 6.45) is -1.95. The SMILES string of the molecule is C[C@H](NC(=O)OC(C)(C)C)[C@@H](C(=O)O)[C@H](O)c1ccccc1. The minimum Gasteiger partial charge on any atom is -0.481 e. The zero-order chi connectivity index (χ0) is 16.9. The number of aliphatic hydroxyl groups is 1. The van der Waals surface area contributed by atoms with Crippen molar-refractivity contribution in [1.29, 1.82) is 0 Å². The van der Waals surface area contributed by atoms with Crippen molar-refractivity contribution in [2.45, 2.75) is 45.4 Å². The van der Waals surface area contributed by atoms with E-state index >= 15 is 0 Å². The third-order valence-corrected chi connectivity index (χ3v) is 3.05. The van der Waals surface area contributed by atoms with E-state index in [0.717, 1.165) is 0 Å². The fraction of sp³-hybridized carbons (Fsp3) is 0.500. The number of nitrogens with one attached hydrogen (secondary N) is 1. The lowest BCUT2D eigenvalue weighted by molar-refractivity contribution is -0.147. The van der Waals surface area contributed by atoms with Gasteiger partial charge in [-0.1, -0.05) is 30.3 Å². The van der Waals surface area contributed by atoms with E-state index in [2.05, 4.69) is 5.32 Å². The summed E-state index contributed by atoms with van der Waals surface area (Å²) in [5.74, 6) is -2.38. The minimum atomic E-state index is -1.23. The average Bonchev–Trinajstić information content (AvgIpc) is 2.36. The van der Waals surface area contributed by atoms with Gasteiger partial charge in [-0.2, -0.15) is 0 Å². The quantitative estimate of drug-likeness (QED) is 0.776. The summed E-state index contributed by atoms with van der Waals surface area (Å²) in [6.45, 7) is 6.66. The highest BCUT2D eigenvalue weighted by Gasteiger charge is 2.34. The average molecular weight is 309 g/mol. The van der Waals surface area contributed by atoms with Crippen LogP contribution in [0.2, 0.25) is 0 Å². The molecule has 6 heteroatoms. The van der Waals surface area contributed by atoms with E-state index in [0.29, 0.717) is 5.56 Å². The standard InChI is InChI=1S/C16H23NO5/c1-10(17-15(21)22-16(2,3)4)12(14(19)20)13(18)11-8-6-5-7-9-11/h5-10,12-13,18H,1-4H3,(H,17,21)(H,19,20)/t10-,12+,13+/m0/s1. The van der Waals surface area contributed by atoms with Crippen molar-refractivity contribution in [3.8, 4) is 0 Å². The summed E-state index contributed by atoms with van der Waals surface area (Å²) >= 11 is 0. The molecule has 0 spiro atoms. The molecule has 1 amide bonds. The molecule has 0 bridgehead atoms. The number of carbonyl (C=O) groups excluding carboxylic acids is 1. The molecule has 0 aliphatic rings. The number of rotatable bonds is 5. The largest absolute Gasteiger partial charge is 0.481 e. The van der Waals surface area contributed by atoms with Crippen LogP contribution in [0, 0.1) is 5.92 Å². The van der Waals surface area contributed by atoms with E-state index in [1.165, 1.54) is 6.92 Å². The van der Waals surface area contributed by atoms with Gasteiger partial charge in [0.05, 0.1) is 6.10 Å². The maximum absolute atomic E-state index is 11.7. The molecule has 0 aliphatic heterocycles. The number of carboxylic acid groups (broad SMARTS) is 1. The zero-order valence-electron chi connectivity index (χ0n) is 13.2.